The number of benzene rings is 2. The Kier molecular flexibility index (Phi) is 5.95. The van der Waals surface area contributed by atoms with Gasteiger partial charge in [0.15, 0.2) is 18.2 Å². The maximum atomic E-state index is 15.0. The van der Waals surface area contributed by atoms with Gasteiger partial charge >= 0.3 is 0 Å². The van der Waals surface area contributed by atoms with E-state index in [1.54, 1.807) is 12.3 Å². The molecule has 3 heterocycles. The van der Waals surface area contributed by atoms with Crippen molar-refractivity contribution < 1.29 is 8.28 Å². The van der Waals surface area contributed by atoms with Crippen LogP contribution in [0.15, 0.2) is 41.1 Å². The summed E-state index contributed by atoms with van der Waals surface area (Å²) in [6.45, 7) is 5.87. The Labute approximate surface area is 211 Å². The van der Waals surface area contributed by atoms with Crippen LogP contribution in [0.4, 0.5) is 19.9 Å². The summed E-state index contributed by atoms with van der Waals surface area (Å²) in [5.74, 6) is 0.477. The largest absolute Gasteiger partial charge is 0.326 e. The summed E-state index contributed by atoms with van der Waals surface area (Å²) in [7, 11) is 0. The first-order valence-electron chi connectivity index (χ1n) is 10.2. The first-order valence-corrected chi connectivity index (χ1v) is 12.1. The Morgan fingerprint density at radius 2 is 1.97 bits per heavy atom. The SMILES string of the molecule is Cc1nc2c(F)cc(-c3nc(Nc4ccc(Br)c5cnn(SF)c45)ncc3Cl)cc2n1C(C)C. The highest BCUT2D eigenvalue weighted by molar-refractivity contribution is 9.10. The lowest BCUT2D eigenvalue weighted by atomic mass is 10.1. The quantitative estimate of drug-likeness (QED) is 0.240. The van der Waals surface area contributed by atoms with Crippen LogP contribution in [0.1, 0.15) is 25.7 Å². The van der Waals surface area contributed by atoms with Gasteiger partial charge in [0.05, 0.1) is 34.3 Å². The number of nitrogens with zero attached hydrogens (tertiary/aromatic N) is 6. The van der Waals surface area contributed by atoms with Crippen LogP contribution in [0, 0.1) is 12.7 Å². The molecule has 174 valence electrons. The van der Waals surface area contributed by atoms with E-state index in [4.69, 9.17) is 11.6 Å². The van der Waals surface area contributed by atoms with Gasteiger partial charge in [-0.1, -0.05) is 27.5 Å². The van der Waals surface area contributed by atoms with Crippen LogP contribution in [0.25, 0.3) is 33.2 Å². The topological polar surface area (TPSA) is 73.5 Å². The molecule has 2 aromatic carbocycles. The summed E-state index contributed by atoms with van der Waals surface area (Å²) in [6, 6.07) is 6.85. The first-order chi connectivity index (χ1) is 16.3. The Morgan fingerprint density at radius 3 is 2.71 bits per heavy atom. The van der Waals surface area contributed by atoms with Gasteiger partial charge in [0, 0.05) is 21.5 Å². The molecule has 0 amide bonds. The van der Waals surface area contributed by atoms with Crippen molar-refractivity contribution in [1.82, 2.24) is 28.7 Å². The zero-order chi connectivity index (χ0) is 24.1. The second kappa shape index (κ2) is 8.79. The minimum Gasteiger partial charge on any atom is -0.326 e. The predicted molar refractivity (Wildman–Crippen MR) is 136 cm³/mol. The first kappa shape index (κ1) is 23.0. The van der Waals surface area contributed by atoms with Gasteiger partial charge < -0.3 is 9.88 Å². The van der Waals surface area contributed by atoms with Crippen molar-refractivity contribution in [3.05, 3.63) is 57.8 Å². The summed E-state index contributed by atoms with van der Waals surface area (Å²) in [5, 5.41) is 8.13. The molecule has 0 saturated heterocycles. The number of hydrogen-bond donors (Lipinski definition) is 1. The van der Waals surface area contributed by atoms with Gasteiger partial charge in [0.2, 0.25) is 5.95 Å². The van der Waals surface area contributed by atoms with E-state index < -0.39 is 5.82 Å². The lowest BCUT2D eigenvalue weighted by Gasteiger charge is -2.13. The summed E-state index contributed by atoms with van der Waals surface area (Å²) in [5.41, 5.74) is 2.87. The lowest BCUT2D eigenvalue weighted by molar-refractivity contribution is 0.600. The molecule has 0 aliphatic heterocycles. The zero-order valence-corrected chi connectivity index (χ0v) is 21.3. The van der Waals surface area contributed by atoms with E-state index >= 15 is 0 Å². The van der Waals surface area contributed by atoms with Gasteiger partial charge in [0.1, 0.15) is 16.9 Å². The number of nitrogens with one attached hydrogen (secondary N) is 1. The predicted octanol–water partition coefficient (Wildman–Crippen LogP) is 7.41. The number of aryl methyl sites for hydroxylation is 1. The van der Waals surface area contributed by atoms with E-state index in [2.05, 4.69) is 41.3 Å². The third-order valence-electron chi connectivity index (χ3n) is 5.42. The summed E-state index contributed by atoms with van der Waals surface area (Å²) < 4.78 is 32.3. The van der Waals surface area contributed by atoms with E-state index in [0.717, 1.165) is 14.4 Å². The van der Waals surface area contributed by atoms with Gasteiger partial charge in [-0.3, -0.25) is 0 Å². The fourth-order valence-corrected chi connectivity index (χ4v) is 5.01. The van der Waals surface area contributed by atoms with Crippen molar-refractivity contribution in [2.45, 2.75) is 26.8 Å². The molecular weight excluding hydrogens is 548 g/mol. The molecule has 7 nitrogen and oxygen atoms in total. The van der Waals surface area contributed by atoms with Crippen LogP contribution in [0.2, 0.25) is 5.02 Å². The number of hydrogen-bond acceptors (Lipinski definition) is 6. The molecule has 0 unspecified atom stereocenters. The third kappa shape index (κ3) is 3.81. The number of rotatable bonds is 5. The summed E-state index contributed by atoms with van der Waals surface area (Å²) in [4.78, 5) is 13.2. The van der Waals surface area contributed by atoms with Gasteiger partial charge in [-0.15, -0.1) is 3.89 Å². The molecule has 5 rings (SSSR count). The lowest BCUT2D eigenvalue weighted by Crippen LogP contribution is -2.03. The van der Waals surface area contributed by atoms with Crippen LogP contribution >= 0.6 is 39.9 Å². The average molecular weight is 565 g/mol. The van der Waals surface area contributed by atoms with Gasteiger partial charge in [0.25, 0.3) is 0 Å². The highest BCUT2D eigenvalue weighted by Crippen LogP contribution is 2.35. The molecular formula is C22H17BrClF2N7S. The van der Waals surface area contributed by atoms with Crippen LogP contribution in [-0.4, -0.2) is 28.7 Å². The Balaban J connectivity index is 1.62. The van der Waals surface area contributed by atoms with E-state index in [1.165, 1.54) is 12.3 Å². The number of anilines is 2. The number of imidazole rings is 1. The third-order valence-corrected chi connectivity index (χ3v) is 6.79. The van der Waals surface area contributed by atoms with E-state index in [0.29, 0.717) is 38.9 Å². The minimum atomic E-state index is -0.460. The van der Waals surface area contributed by atoms with Crippen LogP contribution in [0.3, 0.4) is 0 Å². The molecule has 0 radical (unpaired) electrons. The number of halogens is 4. The van der Waals surface area contributed by atoms with E-state index in [-0.39, 0.29) is 29.3 Å². The minimum absolute atomic E-state index is 0.0180. The van der Waals surface area contributed by atoms with Gasteiger partial charge in [-0.2, -0.15) is 9.19 Å². The smallest absolute Gasteiger partial charge is 0.227 e. The maximum absolute atomic E-state index is 15.0. The van der Waals surface area contributed by atoms with E-state index in [1.807, 2.05) is 37.5 Å². The molecule has 0 fully saturated rings. The van der Waals surface area contributed by atoms with Gasteiger partial charge in [-0.05, 0) is 45.0 Å². The molecule has 3 aromatic heterocycles. The maximum Gasteiger partial charge on any atom is 0.227 e. The van der Waals surface area contributed by atoms with Crippen molar-refractivity contribution in [3.8, 4) is 11.3 Å². The highest BCUT2D eigenvalue weighted by Gasteiger charge is 2.19. The monoisotopic (exact) mass is 563 g/mol. The molecule has 34 heavy (non-hydrogen) atoms. The molecule has 0 aliphatic rings. The Morgan fingerprint density at radius 1 is 1.18 bits per heavy atom. The van der Waals surface area contributed by atoms with Crippen molar-refractivity contribution >= 4 is 73.4 Å². The summed E-state index contributed by atoms with van der Waals surface area (Å²) >= 11 is 9.85. The van der Waals surface area contributed by atoms with Crippen molar-refractivity contribution in [2.75, 3.05) is 5.32 Å². The Hall–Kier alpha value is -2.76. The molecule has 0 bridgehead atoms. The molecule has 0 spiro atoms. The molecule has 0 saturated carbocycles. The molecule has 12 heteroatoms. The second-order valence-electron chi connectivity index (χ2n) is 7.91. The fourth-order valence-electron chi connectivity index (χ4n) is 4.04. The van der Waals surface area contributed by atoms with Gasteiger partial charge in [-0.25, -0.2) is 19.3 Å². The number of fused-ring (bicyclic) bond motifs is 2. The number of aromatic nitrogens is 6. The molecule has 0 aliphatic carbocycles. The second-order valence-corrected chi connectivity index (χ2v) is 9.65. The van der Waals surface area contributed by atoms with Crippen molar-refractivity contribution in [1.29, 1.82) is 0 Å². The van der Waals surface area contributed by atoms with Crippen LogP contribution < -0.4 is 5.32 Å². The zero-order valence-electron chi connectivity index (χ0n) is 18.1. The van der Waals surface area contributed by atoms with E-state index in [9.17, 15) is 8.28 Å². The fraction of sp³-hybridized carbons (Fsp3) is 0.182. The average Bonchev–Trinajstić information content (AvgIpc) is 3.38. The van der Waals surface area contributed by atoms with Crippen LogP contribution in [-0.2, 0) is 0 Å². The highest BCUT2D eigenvalue weighted by atomic mass is 79.9. The molecule has 1 N–H and O–H groups in total. The van der Waals surface area contributed by atoms with Crippen molar-refractivity contribution in [2.24, 2.45) is 0 Å². The van der Waals surface area contributed by atoms with Crippen molar-refractivity contribution in [3.63, 3.8) is 0 Å². The van der Waals surface area contributed by atoms with Crippen LogP contribution in [0.5, 0.6) is 0 Å². The molecule has 5 aromatic rings. The normalized spacial score (nSPS) is 11.8. The summed E-state index contributed by atoms with van der Waals surface area (Å²) in [6.07, 6.45) is 3.00. The molecule has 0 atom stereocenters. The Bertz CT molecular complexity index is 1570. The standard InChI is InChI=1S/C22H17BrClF2N7S/c1-10(2)32-11(3)29-20-16(25)6-12(7-18(20)32)19-15(24)9-27-22(31-19)30-17-5-4-14(23)13-8-28-33(34-26)21(13)17/h4-10H,1-3H3,(H,27,30,31).